The lowest BCUT2D eigenvalue weighted by molar-refractivity contribution is 0.255. The molecule has 0 heterocycles. The van der Waals surface area contributed by atoms with E-state index in [9.17, 15) is 4.79 Å². The van der Waals surface area contributed by atoms with Gasteiger partial charge in [0, 0.05) is 12.1 Å². The fraction of sp³-hybridized carbons (Fsp3) is 0.533. The highest BCUT2D eigenvalue weighted by Gasteiger charge is 2.39. The third-order valence-electron chi connectivity index (χ3n) is 3.74. The summed E-state index contributed by atoms with van der Waals surface area (Å²) < 4.78 is 5.39. The van der Waals surface area contributed by atoms with E-state index in [0.717, 1.165) is 42.7 Å². The molecule has 0 aliphatic heterocycles. The lowest BCUT2D eigenvalue weighted by atomic mass is 9.72. The molecule has 0 aromatic heterocycles. The van der Waals surface area contributed by atoms with Gasteiger partial charge in [0.1, 0.15) is 5.75 Å². The molecule has 4 nitrogen and oxygen atoms in total. The number of methoxy groups -OCH3 is 1. The molecule has 0 bridgehead atoms. The topological polar surface area (TPSA) is 41.9 Å². The van der Waals surface area contributed by atoms with Crippen LogP contribution < -0.4 is 4.74 Å². The Morgan fingerprint density at radius 3 is 2.63 bits per heavy atom. The van der Waals surface area contributed by atoms with Crippen molar-refractivity contribution in [3.05, 3.63) is 29.3 Å². The van der Waals surface area contributed by atoms with Crippen molar-refractivity contribution < 1.29 is 9.53 Å². The van der Waals surface area contributed by atoms with Crippen molar-refractivity contribution in [2.75, 3.05) is 21.2 Å². The fourth-order valence-electron chi connectivity index (χ4n) is 2.60. The van der Waals surface area contributed by atoms with Gasteiger partial charge in [-0.15, -0.1) is 0 Å². The summed E-state index contributed by atoms with van der Waals surface area (Å²) in [7, 11) is 5.72. The highest BCUT2D eigenvalue weighted by atomic mass is 16.5. The quantitative estimate of drug-likeness (QED) is 0.603. The van der Waals surface area contributed by atoms with Crippen LogP contribution in [0, 0.1) is 0 Å². The van der Waals surface area contributed by atoms with Crippen LogP contribution in [0.15, 0.2) is 23.2 Å². The lowest BCUT2D eigenvalue weighted by Gasteiger charge is -2.37. The zero-order valence-corrected chi connectivity index (χ0v) is 11.8. The fourth-order valence-corrected chi connectivity index (χ4v) is 2.60. The van der Waals surface area contributed by atoms with Crippen LogP contribution >= 0.6 is 0 Å². The van der Waals surface area contributed by atoms with Gasteiger partial charge in [-0.2, -0.15) is 4.99 Å². The molecule has 1 aromatic rings. The summed E-state index contributed by atoms with van der Waals surface area (Å²) in [5, 5.41) is 0. The van der Waals surface area contributed by atoms with Gasteiger partial charge < -0.3 is 9.64 Å². The van der Waals surface area contributed by atoms with Crippen LogP contribution in [0.1, 0.15) is 30.4 Å². The van der Waals surface area contributed by atoms with Crippen molar-refractivity contribution in [2.24, 2.45) is 4.99 Å². The van der Waals surface area contributed by atoms with E-state index >= 15 is 0 Å². The van der Waals surface area contributed by atoms with Crippen LogP contribution in [0.2, 0.25) is 0 Å². The van der Waals surface area contributed by atoms with E-state index in [0.29, 0.717) is 0 Å². The third kappa shape index (κ3) is 2.70. The maximum atomic E-state index is 10.6. The van der Waals surface area contributed by atoms with Crippen molar-refractivity contribution in [1.29, 1.82) is 0 Å². The molecule has 0 unspecified atom stereocenters. The summed E-state index contributed by atoms with van der Waals surface area (Å²) in [5.74, 6) is 0.877. The van der Waals surface area contributed by atoms with Gasteiger partial charge in [-0.05, 0) is 51.1 Å². The number of benzene rings is 1. The number of rotatable bonds is 5. The van der Waals surface area contributed by atoms with Gasteiger partial charge in [0.25, 0.3) is 0 Å². The van der Waals surface area contributed by atoms with E-state index < -0.39 is 0 Å². The molecule has 0 radical (unpaired) electrons. The van der Waals surface area contributed by atoms with Crippen LogP contribution in [0.3, 0.4) is 0 Å². The molecule has 0 saturated heterocycles. The zero-order valence-electron chi connectivity index (χ0n) is 11.8. The first-order valence-electron chi connectivity index (χ1n) is 6.52. The van der Waals surface area contributed by atoms with E-state index in [-0.39, 0.29) is 5.54 Å². The summed E-state index contributed by atoms with van der Waals surface area (Å²) in [4.78, 5) is 16.8. The normalized spacial score (nSPS) is 16.6. The molecule has 0 spiro atoms. The number of hydrogen-bond donors (Lipinski definition) is 0. The standard InChI is InChI=1S/C15H20N2O2/c1-17(2)10-12-9-13(5-6-14(12)19-3)15(16-11-18)7-4-8-15/h5-6,9H,4,7-8,10H2,1-3H3. The van der Waals surface area contributed by atoms with Gasteiger partial charge in [-0.3, -0.25) is 0 Å². The Balaban J connectivity index is 2.39. The predicted molar refractivity (Wildman–Crippen MR) is 74.0 cm³/mol. The molecule has 1 aliphatic carbocycles. The van der Waals surface area contributed by atoms with Crippen LogP contribution in [0.25, 0.3) is 0 Å². The number of ether oxygens (including phenoxy) is 1. The molecule has 1 aromatic carbocycles. The third-order valence-corrected chi connectivity index (χ3v) is 3.74. The summed E-state index contributed by atoms with van der Waals surface area (Å²) in [6.45, 7) is 0.803. The van der Waals surface area contributed by atoms with Crippen molar-refractivity contribution >= 4 is 6.08 Å². The Kier molecular flexibility index (Phi) is 4.03. The second kappa shape index (κ2) is 5.55. The highest BCUT2D eigenvalue weighted by molar-refractivity contribution is 5.44. The van der Waals surface area contributed by atoms with Gasteiger partial charge in [-0.25, -0.2) is 4.79 Å². The van der Waals surface area contributed by atoms with E-state index in [1.54, 1.807) is 13.2 Å². The molecule has 0 amide bonds. The molecule has 0 atom stereocenters. The van der Waals surface area contributed by atoms with E-state index in [1.807, 2.05) is 26.2 Å². The van der Waals surface area contributed by atoms with Gasteiger partial charge in [-0.1, -0.05) is 6.07 Å². The van der Waals surface area contributed by atoms with Crippen LogP contribution in [-0.4, -0.2) is 32.2 Å². The average molecular weight is 260 g/mol. The minimum Gasteiger partial charge on any atom is -0.496 e. The second-order valence-corrected chi connectivity index (χ2v) is 5.35. The molecule has 4 heteroatoms. The summed E-state index contributed by atoms with van der Waals surface area (Å²) in [6.07, 6.45) is 4.70. The molecular weight excluding hydrogens is 240 g/mol. The first-order valence-corrected chi connectivity index (χ1v) is 6.52. The SMILES string of the molecule is COc1ccc(C2(N=C=O)CCC2)cc1CN(C)C. The lowest BCUT2D eigenvalue weighted by Crippen LogP contribution is -2.32. The van der Waals surface area contributed by atoms with Gasteiger partial charge in [0.2, 0.25) is 6.08 Å². The summed E-state index contributed by atoms with van der Waals surface area (Å²) in [5.41, 5.74) is 1.88. The average Bonchev–Trinajstić information content (AvgIpc) is 2.33. The monoisotopic (exact) mass is 260 g/mol. The largest absolute Gasteiger partial charge is 0.496 e. The number of nitrogens with zero attached hydrogens (tertiary/aromatic N) is 2. The molecule has 2 rings (SSSR count). The van der Waals surface area contributed by atoms with Crippen LogP contribution in [0.4, 0.5) is 0 Å². The first-order chi connectivity index (χ1) is 9.11. The Labute approximate surface area is 114 Å². The minimum atomic E-state index is -0.338. The Morgan fingerprint density at radius 2 is 2.16 bits per heavy atom. The maximum absolute atomic E-state index is 10.6. The van der Waals surface area contributed by atoms with Gasteiger partial charge >= 0.3 is 0 Å². The second-order valence-electron chi connectivity index (χ2n) is 5.35. The highest BCUT2D eigenvalue weighted by Crippen LogP contribution is 2.45. The van der Waals surface area contributed by atoms with Crippen molar-refractivity contribution in [1.82, 2.24) is 4.90 Å². The number of carbonyl (C=O) groups excluding carboxylic acids is 1. The minimum absolute atomic E-state index is 0.338. The summed E-state index contributed by atoms with van der Waals surface area (Å²) in [6, 6.07) is 6.09. The predicted octanol–water partition coefficient (Wildman–Crippen LogP) is 2.47. The Hall–Kier alpha value is -1.64. The Bertz CT molecular complexity index is 501. The molecule has 102 valence electrons. The number of aliphatic imine (C=N–C) groups is 1. The number of hydrogen-bond acceptors (Lipinski definition) is 4. The van der Waals surface area contributed by atoms with Crippen molar-refractivity contribution in [3.8, 4) is 5.75 Å². The number of isocyanates is 1. The van der Waals surface area contributed by atoms with Crippen molar-refractivity contribution in [3.63, 3.8) is 0 Å². The van der Waals surface area contributed by atoms with Gasteiger partial charge in [0.15, 0.2) is 0 Å². The van der Waals surface area contributed by atoms with E-state index in [1.165, 1.54) is 0 Å². The van der Waals surface area contributed by atoms with Gasteiger partial charge in [0.05, 0.1) is 12.6 Å². The molecule has 1 saturated carbocycles. The molecule has 1 fully saturated rings. The first kappa shape index (κ1) is 13.8. The summed E-state index contributed by atoms with van der Waals surface area (Å²) >= 11 is 0. The van der Waals surface area contributed by atoms with E-state index in [2.05, 4.69) is 16.0 Å². The molecule has 1 aliphatic rings. The molecule has 0 N–H and O–H groups in total. The maximum Gasteiger partial charge on any atom is 0.235 e. The molecule has 19 heavy (non-hydrogen) atoms. The molecular formula is C15H20N2O2. The van der Waals surface area contributed by atoms with Crippen LogP contribution in [0.5, 0.6) is 5.75 Å². The van der Waals surface area contributed by atoms with Crippen LogP contribution in [-0.2, 0) is 16.9 Å². The van der Waals surface area contributed by atoms with E-state index in [4.69, 9.17) is 4.74 Å². The van der Waals surface area contributed by atoms with Crippen molar-refractivity contribution in [2.45, 2.75) is 31.3 Å². The smallest absolute Gasteiger partial charge is 0.235 e. The zero-order chi connectivity index (χ0) is 13.9. The Morgan fingerprint density at radius 1 is 1.42 bits per heavy atom.